The fourth-order valence-electron chi connectivity index (χ4n) is 2.91. The molecule has 0 atom stereocenters. The Bertz CT molecular complexity index is 1060. The first-order valence-electron chi connectivity index (χ1n) is 9.09. The topological polar surface area (TPSA) is 66.8 Å². The van der Waals surface area contributed by atoms with Crippen LogP contribution >= 0.6 is 0 Å². The average Bonchev–Trinajstić information content (AvgIpc) is 2.67. The molecule has 3 aromatic rings. The number of anilines is 1. The SMILES string of the molecule is CCCCCS(=O)(=O)N(O)c1cc(F)cc(Oc2cccc3ccccc23)c1. The molecule has 28 heavy (non-hydrogen) atoms. The summed E-state index contributed by atoms with van der Waals surface area (Å²) in [6, 6.07) is 16.4. The molecule has 0 aliphatic carbocycles. The van der Waals surface area contributed by atoms with Gasteiger partial charge < -0.3 is 4.74 Å². The third-order valence-corrected chi connectivity index (χ3v) is 5.87. The van der Waals surface area contributed by atoms with Crippen molar-refractivity contribution in [3.63, 3.8) is 0 Å². The maximum atomic E-state index is 14.1. The Morgan fingerprint density at radius 2 is 1.79 bits per heavy atom. The minimum absolute atomic E-state index is 0.0918. The Hall–Kier alpha value is -2.64. The normalized spacial score (nSPS) is 11.5. The fraction of sp³-hybridized carbons (Fsp3) is 0.238. The second-order valence-corrected chi connectivity index (χ2v) is 8.41. The molecular weight excluding hydrogens is 381 g/mol. The van der Waals surface area contributed by atoms with Gasteiger partial charge >= 0.3 is 0 Å². The molecule has 0 spiro atoms. The molecule has 0 unspecified atom stereocenters. The minimum atomic E-state index is -3.96. The van der Waals surface area contributed by atoms with Gasteiger partial charge in [0.1, 0.15) is 17.3 Å². The summed E-state index contributed by atoms with van der Waals surface area (Å²) in [7, 11) is -3.96. The predicted octanol–water partition coefficient (Wildman–Crippen LogP) is 5.49. The lowest BCUT2D eigenvalue weighted by molar-refractivity contribution is 0.315. The van der Waals surface area contributed by atoms with Gasteiger partial charge in [0.2, 0.25) is 0 Å². The predicted molar refractivity (Wildman–Crippen MR) is 108 cm³/mol. The number of rotatable bonds is 8. The van der Waals surface area contributed by atoms with E-state index >= 15 is 0 Å². The van der Waals surface area contributed by atoms with Crippen molar-refractivity contribution in [1.29, 1.82) is 0 Å². The van der Waals surface area contributed by atoms with Crippen molar-refractivity contribution in [3.8, 4) is 11.5 Å². The quantitative estimate of drug-likeness (QED) is 0.399. The highest BCUT2D eigenvalue weighted by Crippen LogP contribution is 2.32. The number of fused-ring (bicyclic) bond motifs is 1. The van der Waals surface area contributed by atoms with E-state index in [9.17, 15) is 18.0 Å². The minimum Gasteiger partial charge on any atom is -0.457 e. The van der Waals surface area contributed by atoms with Crippen LogP contribution in [0.5, 0.6) is 11.5 Å². The maximum Gasteiger partial charge on any atom is 0.257 e. The first kappa shape index (κ1) is 20.1. The Balaban J connectivity index is 1.89. The summed E-state index contributed by atoms with van der Waals surface area (Å²) in [5.74, 6) is -0.331. The molecule has 0 aliphatic rings. The summed E-state index contributed by atoms with van der Waals surface area (Å²) in [6.07, 6.45) is 2.00. The van der Waals surface area contributed by atoms with E-state index in [4.69, 9.17) is 4.74 Å². The van der Waals surface area contributed by atoms with Gasteiger partial charge in [0.25, 0.3) is 10.0 Å². The van der Waals surface area contributed by atoms with Crippen LogP contribution in [0, 0.1) is 5.82 Å². The van der Waals surface area contributed by atoms with Crippen molar-refractivity contribution >= 4 is 26.5 Å². The zero-order chi connectivity index (χ0) is 20.1. The standard InChI is InChI=1S/C21H22FNO4S/c1-2-3-6-12-28(25,26)23(24)18-13-17(22)14-19(15-18)27-21-11-7-9-16-8-4-5-10-20(16)21/h4-5,7-11,13-15,24H,2-3,6,12H2,1H3. The van der Waals surface area contributed by atoms with E-state index in [2.05, 4.69) is 0 Å². The van der Waals surface area contributed by atoms with E-state index in [-0.39, 0.29) is 21.7 Å². The molecule has 7 heteroatoms. The number of nitrogens with zero attached hydrogens (tertiary/aromatic N) is 1. The molecule has 3 aromatic carbocycles. The number of unbranched alkanes of at least 4 members (excludes halogenated alkanes) is 2. The summed E-state index contributed by atoms with van der Waals surface area (Å²) in [4.78, 5) is 0. The summed E-state index contributed by atoms with van der Waals surface area (Å²) >= 11 is 0. The number of ether oxygens (including phenoxy) is 1. The molecular formula is C21H22FNO4S. The molecule has 1 N–H and O–H groups in total. The van der Waals surface area contributed by atoms with Crippen molar-refractivity contribution < 1.29 is 22.8 Å². The van der Waals surface area contributed by atoms with Crippen molar-refractivity contribution in [2.24, 2.45) is 0 Å². The monoisotopic (exact) mass is 403 g/mol. The van der Waals surface area contributed by atoms with E-state index in [0.29, 0.717) is 12.2 Å². The highest BCUT2D eigenvalue weighted by atomic mass is 32.2. The van der Waals surface area contributed by atoms with Crippen LogP contribution in [-0.2, 0) is 10.0 Å². The third-order valence-electron chi connectivity index (χ3n) is 4.32. The number of halogens is 1. The van der Waals surface area contributed by atoms with Crippen LogP contribution in [-0.4, -0.2) is 19.4 Å². The van der Waals surface area contributed by atoms with Crippen molar-refractivity contribution in [2.45, 2.75) is 26.2 Å². The Morgan fingerprint density at radius 3 is 2.57 bits per heavy atom. The Labute approximate surface area is 164 Å². The second kappa shape index (κ2) is 8.58. The summed E-state index contributed by atoms with van der Waals surface area (Å²) < 4.78 is 44.6. The fourth-order valence-corrected chi connectivity index (χ4v) is 4.08. The van der Waals surface area contributed by atoms with Gasteiger partial charge in [-0.2, -0.15) is 0 Å². The van der Waals surface area contributed by atoms with Gasteiger partial charge in [-0.15, -0.1) is 4.47 Å². The van der Waals surface area contributed by atoms with Crippen LogP contribution < -0.4 is 9.21 Å². The number of hydrogen-bond acceptors (Lipinski definition) is 4. The molecule has 0 amide bonds. The summed E-state index contributed by atoms with van der Waals surface area (Å²) in [5, 5.41) is 12.0. The van der Waals surface area contributed by atoms with Gasteiger partial charge in [0.05, 0.1) is 11.4 Å². The van der Waals surface area contributed by atoms with Crippen molar-refractivity contribution in [2.75, 3.05) is 10.2 Å². The molecule has 5 nitrogen and oxygen atoms in total. The van der Waals surface area contributed by atoms with Gasteiger partial charge in [0.15, 0.2) is 0 Å². The van der Waals surface area contributed by atoms with E-state index < -0.39 is 15.8 Å². The molecule has 0 fully saturated rings. The van der Waals surface area contributed by atoms with E-state index in [1.807, 2.05) is 43.3 Å². The highest BCUT2D eigenvalue weighted by molar-refractivity contribution is 7.92. The Morgan fingerprint density at radius 1 is 1.04 bits per heavy atom. The van der Waals surface area contributed by atoms with Gasteiger partial charge in [-0.3, -0.25) is 5.21 Å². The molecule has 148 valence electrons. The zero-order valence-electron chi connectivity index (χ0n) is 15.5. The van der Waals surface area contributed by atoms with Crippen LogP contribution in [0.25, 0.3) is 10.8 Å². The van der Waals surface area contributed by atoms with Gasteiger partial charge in [-0.25, -0.2) is 12.8 Å². The van der Waals surface area contributed by atoms with Gasteiger partial charge in [-0.1, -0.05) is 56.2 Å². The largest absolute Gasteiger partial charge is 0.457 e. The van der Waals surface area contributed by atoms with Gasteiger partial charge in [-0.05, 0) is 17.9 Å². The van der Waals surface area contributed by atoms with Crippen LogP contribution in [0.4, 0.5) is 10.1 Å². The van der Waals surface area contributed by atoms with E-state index in [1.165, 1.54) is 6.07 Å². The van der Waals surface area contributed by atoms with Crippen LogP contribution in [0.1, 0.15) is 26.2 Å². The molecule has 0 radical (unpaired) electrons. The average molecular weight is 403 g/mol. The smallest absolute Gasteiger partial charge is 0.257 e. The molecule has 0 heterocycles. The number of benzene rings is 3. The third kappa shape index (κ3) is 4.61. The first-order chi connectivity index (χ1) is 13.4. The molecule has 0 saturated heterocycles. The lowest BCUT2D eigenvalue weighted by atomic mass is 10.1. The summed E-state index contributed by atoms with van der Waals surface area (Å²) in [5.41, 5.74) is -0.202. The lowest BCUT2D eigenvalue weighted by Crippen LogP contribution is -2.29. The first-order valence-corrected chi connectivity index (χ1v) is 10.7. The van der Waals surface area contributed by atoms with Crippen LogP contribution in [0.15, 0.2) is 60.7 Å². The highest BCUT2D eigenvalue weighted by Gasteiger charge is 2.22. The molecule has 0 saturated carbocycles. The lowest BCUT2D eigenvalue weighted by Gasteiger charge is -2.18. The number of hydrogen-bond donors (Lipinski definition) is 1. The number of sulfonamides is 1. The van der Waals surface area contributed by atoms with E-state index in [1.54, 1.807) is 6.07 Å². The maximum absolute atomic E-state index is 14.1. The van der Waals surface area contributed by atoms with Crippen LogP contribution in [0.3, 0.4) is 0 Å². The molecule has 0 bridgehead atoms. The second-order valence-electron chi connectivity index (χ2n) is 6.49. The Kier molecular flexibility index (Phi) is 6.16. The van der Waals surface area contributed by atoms with E-state index in [0.717, 1.165) is 35.7 Å². The van der Waals surface area contributed by atoms with Gasteiger partial charge in [0, 0.05) is 23.6 Å². The molecule has 0 aromatic heterocycles. The van der Waals surface area contributed by atoms with Crippen LogP contribution in [0.2, 0.25) is 0 Å². The molecule has 0 aliphatic heterocycles. The van der Waals surface area contributed by atoms with Crippen molar-refractivity contribution in [3.05, 3.63) is 66.5 Å². The molecule has 3 rings (SSSR count). The van der Waals surface area contributed by atoms with Crippen molar-refractivity contribution in [1.82, 2.24) is 0 Å². The zero-order valence-corrected chi connectivity index (χ0v) is 16.3. The summed E-state index contributed by atoms with van der Waals surface area (Å²) in [6.45, 7) is 1.95.